The van der Waals surface area contributed by atoms with Crippen LogP contribution >= 0.6 is 13.5 Å². The van der Waals surface area contributed by atoms with E-state index in [9.17, 15) is 0 Å². The minimum absolute atomic E-state index is 0. The largest absolute Gasteiger partial charge is 0.844 e. The summed E-state index contributed by atoms with van der Waals surface area (Å²) < 4.78 is 8.92. The summed E-state index contributed by atoms with van der Waals surface area (Å²) in [6, 6.07) is 0. The molecule has 0 atom stereocenters. The van der Waals surface area contributed by atoms with Crippen LogP contribution in [0, 0.1) is 0 Å². The molecule has 0 rings (SSSR count). The van der Waals surface area contributed by atoms with E-state index in [0.29, 0.717) is 0 Å². The molecule has 0 fully saturated rings. The van der Waals surface area contributed by atoms with Gasteiger partial charge < -0.3 is 48.0 Å². The van der Waals surface area contributed by atoms with Crippen LogP contribution in [0.4, 0.5) is 0 Å². The first-order valence-electron chi connectivity index (χ1n) is 1.46. The fraction of sp³-hybridized carbons (Fsp3) is 0. The van der Waals surface area contributed by atoms with Crippen LogP contribution in [0.15, 0.2) is 0 Å². The summed E-state index contributed by atoms with van der Waals surface area (Å²) in [6.07, 6.45) is 0. The molecule has 0 bridgehead atoms. The van der Waals surface area contributed by atoms with Crippen molar-refractivity contribution in [2.45, 2.75) is 0 Å². The van der Waals surface area contributed by atoms with E-state index >= 15 is 0 Å². The number of rotatable bonds is 0. The molecule has 0 unspecified atom stereocenters. The zero-order valence-electron chi connectivity index (χ0n) is 4.57. The van der Waals surface area contributed by atoms with Gasteiger partial charge in [-0.3, -0.25) is 0 Å². The summed E-state index contributed by atoms with van der Waals surface area (Å²) in [7, 11) is 0. The molecule has 0 amide bonds. The van der Waals surface area contributed by atoms with Crippen LogP contribution in [0.1, 0.15) is 0 Å². The van der Waals surface area contributed by atoms with Gasteiger partial charge in [-0.05, 0) is 0 Å². The number of hydrogen-bond acceptors (Lipinski definition) is 8. The normalized spacial score (nSPS) is 10.7. The minimum atomic E-state index is -4.56. The van der Waals surface area contributed by atoms with E-state index in [1.165, 1.54) is 0 Å². The average Bonchev–Trinajstić information content (AvgIpc) is 1.12. The van der Waals surface area contributed by atoms with Crippen LogP contribution in [-0.4, -0.2) is 0 Å². The molecule has 0 spiro atoms. The standard InChI is InChI=1S/2H3O3PS.W/c2*1-4(2,3)5;/h2*(H3,1,2,3,5);/p-6. The molecule has 70 valence electrons. The smallest absolute Gasteiger partial charge is 0 e. The third-order valence-corrected chi connectivity index (χ3v) is 0. The van der Waals surface area contributed by atoms with Crippen molar-refractivity contribution in [2.24, 2.45) is 0 Å². The molecule has 0 N–H and O–H groups in total. The molecule has 0 saturated heterocycles. The minimum Gasteiger partial charge on any atom is -0.844 e. The second kappa shape index (κ2) is 7.15. The Labute approximate surface area is 87.5 Å². The Kier molecular flexibility index (Phi) is 12.0. The Hall–Kier alpha value is 1.72. The summed E-state index contributed by atoms with van der Waals surface area (Å²) >= 11 is 6.54. The first kappa shape index (κ1) is 18.5. The van der Waals surface area contributed by atoms with Gasteiger partial charge in [0.15, 0.2) is 0 Å². The Morgan fingerprint density at radius 1 is 1.09 bits per heavy atom. The molecule has 0 saturated carbocycles. The van der Waals surface area contributed by atoms with Crippen molar-refractivity contribution in [1.29, 1.82) is 0 Å². The van der Waals surface area contributed by atoms with Crippen LogP contribution in [0.25, 0.3) is 0 Å². The van der Waals surface area contributed by atoms with Gasteiger partial charge in [-0.15, -0.1) is 0 Å². The summed E-state index contributed by atoms with van der Waals surface area (Å²) in [5.74, 6) is 0. The third-order valence-electron chi connectivity index (χ3n) is 0. The average molecular weight is 406 g/mol. The molecule has 0 aliphatic rings. The maximum Gasteiger partial charge on any atom is 0 e. The quantitative estimate of drug-likeness (QED) is 0.292. The van der Waals surface area contributed by atoms with Crippen molar-refractivity contribution in [1.82, 2.24) is 0 Å². The Morgan fingerprint density at radius 3 is 1.09 bits per heavy atom. The van der Waals surface area contributed by atoms with E-state index in [-0.39, 0.29) is 21.1 Å². The van der Waals surface area contributed by atoms with Crippen molar-refractivity contribution < 1.29 is 50.1 Å². The monoisotopic (exact) mass is 406 g/mol. The van der Waals surface area contributed by atoms with E-state index < -0.39 is 13.5 Å². The first-order valence-corrected chi connectivity index (χ1v) is 6.57. The Bertz CT molecular complexity index is 131. The van der Waals surface area contributed by atoms with Gasteiger partial charge in [0.2, 0.25) is 0 Å². The van der Waals surface area contributed by atoms with Crippen molar-refractivity contribution in [3.8, 4) is 0 Å². The summed E-state index contributed by atoms with van der Waals surface area (Å²) in [4.78, 5) is 44.6. The van der Waals surface area contributed by atoms with Gasteiger partial charge in [0, 0.05) is 21.1 Å². The zero-order valence-corrected chi connectivity index (χ0v) is 10.9. The maximum absolute atomic E-state index is 8.92. The van der Waals surface area contributed by atoms with E-state index in [2.05, 4.69) is 24.1 Å². The van der Waals surface area contributed by atoms with Gasteiger partial charge in [0.25, 0.3) is 0 Å². The van der Waals surface area contributed by atoms with Gasteiger partial charge >= 0.3 is 0 Å². The second-order valence-electron chi connectivity index (χ2n) is 0.894. The summed E-state index contributed by atoms with van der Waals surface area (Å²) in [5.41, 5.74) is 0. The fourth-order valence-corrected chi connectivity index (χ4v) is 0. The molecule has 0 aromatic rings. The van der Waals surface area contributed by atoms with Crippen LogP contribution in [-0.2, 0) is 49.7 Å². The van der Waals surface area contributed by atoms with E-state index in [1.807, 2.05) is 0 Å². The van der Waals surface area contributed by atoms with Crippen molar-refractivity contribution in [3.05, 3.63) is 0 Å². The Balaban J connectivity index is -0.000000107. The van der Waals surface area contributed by atoms with Gasteiger partial charge in [0.05, 0.1) is 0 Å². The van der Waals surface area contributed by atoms with Crippen LogP contribution in [0.5, 0.6) is 0 Å². The van der Waals surface area contributed by atoms with Crippen molar-refractivity contribution >= 4 is 37.6 Å². The molecule has 0 radical (unpaired) electrons. The van der Waals surface area contributed by atoms with Crippen LogP contribution < -0.4 is 24.5 Å². The van der Waals surface area contributed by atoms with Gasteiger partial charge in [-0.1, -0.05) is 0 Å². The third kappa shape index (κ3) is 375. The molecule has 11 heavy (non-hydrogen) atoms. The maximum atomic E-state index is 8.92. The van der Waals surface area contributed by atoms with Gasteiger partial charge in [-0.2, -0.15) is 11.8 Å². The van der Waals surface area contributed by atoms with E-state index in [0.717, 1.165) is 0 Å². The van der Waals surface area contributed by atoms with E-state index in [1.54, 1.807) is 0 Å². The molecule has 0 aliphatic heterocycles. The topological polar surface area (TPSA) is 132 Å². The second-order valence-corrected chi connectivity index (χ2v) is 5.37. The van der Waals surface area contributed by atoms with Crippen molar-refractivity contribution in [2.75, 3.05) is 0 Å². The Morgan fingerprint density at radius 2 is 1.09 bits per heavy atom. The summed E-state index contributed by atoms with van der Waals surface area (Å²) in [6.45, 7) is -9.11. The molecule has 0 aliphatic carbocycles. The van der Waals surface area contributed by atoms with E-state index in [4.69, 9.17) is 29.0 Å². The molecular formula is O6P2S2W-6. The van der Waals surface area contributed by atoms with Gasteiger partial charge in [0.1, 0.15) is 0 Å². The van der Waals surface area contributed by atoms with Crippen molar-refractivity contribution in [3.63, 3.8) is 0 Å². The molecule has 0 heterocycles. The fourth-order valence-electron chi connectivity index (χ4n) is 0. The summed E-state index contributed by atoms with van der Waals surface area (Å²) in [5, 5.41) is 0. The molecule has 6 nitrogen and oxygen atoms in total. The molecular weight excluding hydrogens is 406 g/mol. The number of hydrogen-bond donors (Lipinski definition) is 0. The van der Waals surface area contributed by atoms with Gasteiger partial charge in [-0.25, -0.2) is 6.80 Å². The molecule has 11 heteroatoms. The predicted octanol–water partition coefficient (Wildman–Crippen LogP) is -4.35. The first-order chi connectivity index (χ1) is 4.00. The molecule has 0 aromatic carbocycles. The zero-order chi connectivity index (χ0) is 9.00. The predicted molar refractivity (Wildman–Crippen MR) is 29.3 cm³/mol. The van der Waals surface area contributed by atoms with Crippen LogP contribution in [0.2, 0.25) is 0 Å². The molecule has 0 aromatic heterocycles. The van der Waals surface area contributed by atoms with Crippen LogP contribution in [0.3, 0.4) is 0 Å². The SMILES string of the molecule is O=P([O-])([O-])[S-].[O-]P([O-])([O-])=S.[W].